The largest absolute Gasteiger partial charge is 0.496 e. The summed E-state index contributed by atoms with van der Waals surface area (Å²) in [6.45, 7) is 0.612. The van der Waals surface area contributed by atoms with Gasteiger partial charge < -0.3 is 14.4 Å². The van der Waals surface area contributed by atoms with Gasteiger partial charge >= 0.3 is 0 Å². The third kappa shape index (κ3) is 5.13. The van der Waals surface area contributed by atoms with Crippen LogP contribution in [0.3, 0.4) is 0 Å². The molecule has 0 saturated carbocycles. The van der Waals surface area contributed by atoms with Crippen LogP contribution in [-0.2, 0) is 11.3 Å². The number of rotatable bonds is 7. The lowest BCUT2D eigenvalue weighted by Crippen LogP contribution is -2.27. The van der Waals surface area contributed by atoms with Gasteiger partial charge in [-0.15, -0.1) is 0 Å². The predicted molar refractivity (Wildman–Crippen MR) is 91.0 cm³/mol. The molecule has 0 radical (unpaired) electrons. The van der Waals surface area contributed by atoms with E-state index in [1.165, 1.54) is 24.3 Å². The molecule has 2 rings (SSSR count). The van der Waals surface area contributed by atoms with Crippen LogP contribution in [0.5, 0.6) is 11.5 Å². The van der Waals surface area contributed by atoms with Crippen LogP contribution in [0.15, 0.2) is 42.5 Å². The molecule has 0 aliphatic heterocycles. The summed E-state index contributed by atoms with van der Waals surface area (Å²) in [5.74, 6) is 0.817. The maximum absolute atomic E-state index is 12.8. The second-order valence-electron chi connectivity index (χ2n) is 5.26. The molecule has 0 aliphatic rings. The van der Waals surface area contributed by atoms with Gasteiger partial charge in [-0.05, 0) is 42.5 Å². The molecule has 128 valence electrons. The van der Waals surface area contributed by atoms with Crippen molar-refractivity contribution in [3.8, 4) is 11.5 Å². The van der Waals surface area contributed by atoms with E-state index in [0.717, 1.165) is 5.56 Å². The molecule has 0 heterocycles. The molecule has 0 aromatic heterocycles. The molecule has 2 aromatic carbocycles. The molecule has 0 spiro atoms. The molecular weight excluding hydrogens is 333 g/mol. The standard InChI is InChI=1S/C18H19ClFNO3/c1-21(12-13-11-14(19)3-8-17(13)23-2)18(22)9-10-24-16-6-4-15(20)5-7-16/h3-8,11H,9-10,12H2,1-2H3. The molecule has 1 amide bonds. The molecule has 24 heavy (non-hydrogen) atoms. The van der Waals surface area contributed by atoms with Gasteiger partial charge in [0.05, 0.1) is 20.1 Å². The van der Waals surface area contributed by atoms with Gasteiger partial charge in [-0.2, -0.15) is 0 Å². The second-order valence-corrected chi connectivity index (χ2v) is 5.69. The summed E-state index contributed by atoms with van der Waals surface area (Å²) in [4.78, 5) is 13.8. The summed E-state index contributed by atoms with van der Waals surface area (Å²) in [5.41, 5.74) is 0.834. The van der Waals surface area contributed by atoms with E-state index < -0.39 is 0 Å². The predicted octanol–water partition coefficient (Wildman–Crippen LogP) is 3.92. The molecule has 4 nitrogen and oxygen atoms in total. The summed E-state index contributed by atoms with van der Waals surface area (Å²) in [7, 11) is 3.28. The molecule has 6 heteroatoms. The molecule has 0 N–H and O–H groups in total. The van der Waals surface area contributed by atoms with Gasteiger partial charge in [0.1, 0.15) is 17.3 Å². The summed E-state index contributed by atoms with van der Waals surface area (Å²) in [6.07, 6.45) is 0.219. The number of carbonyl (C=O) groups excluding carboxylic acids is 1. The van der Waals surface area contributed by atoms with E-state index in [2.05, 4.69) is 0 Å². The van der Waals surface area contributed by atoms with Crippen molar-refractivity contribution in [3.05, 3.63) is 58.9 Å². The van der Waals surface area contributed by atoms with Crippen LogP contribution in [0.4, 0.5) is 4.39 Å². The van der Waals surface area contributed by atoms with Crippen LogP contribution < -0.4 is 9.47 Å². The first-order chi connectivity index (χ1) is 11.5. The smallest absolute Gasteiger partial charge is 0.226 e. The first kappa shape index (κ1) is 18.1. The maximum atomic E-state index is 12.8. The highest BCUT2D eigenvalue weighted by atomic mass is 35.5. The fraction of sp³-hybridized carbons (Fsp3) is 0.278. The van der Waals surface area contributed by atoms with Crippen LogP contribution >= 0.6 is 11.6 Å². The zero-order valence-corrected chi connectivity index (χ0v) is 14.3. The first-order valence-electron chi connectivity index (χ1n) is 7.44. The minimum atomic E-state index is -0.325. The Hall–Kier alpha value is -2.27. The summed E-state index contributed by atoms with van der Waals surface area (Å²) < 4.78 is 23.5. The molecule has 0 saturated heterocycles. The fourth-order valence-corrected chi connectivity index (χ4v) is 2.39. The third-order valence-electron chi connectivity index (χ3n) is 3.47. The average Bonchev–Trinajstić information content (AvgIpc) is 2.56. The van der Waals surface area contributed by atoms with Gasteiger partial charge in [0.25, 0.3) is 0 Å². The van der Waals surface area contributed by atoms with E-state index in [0.29, 0.717) is 23.1 Å². The fourth-order valence-electron chi connectivity index (χ4n) is 2.19. The quantitative estimate of drug-likeness (QED) is 0.759. The number of carbonyl (C=O) groups is 1. The van der Waals surface area contributed by atoms with E-state index in [4.69, 9.17) is 21.1 Å². The summed E-state index contributed by atoms with van der Waals surface area (Å²) in [6, 6.07) is 11.0. The van der Waals surface area contributed by atoms with E-state index in [9.17, 15) is 9.18 Å². The number of halogens is 2. The Morgan fingerprint density at radius 3 is 2.58 bits per heavy atom. The zero-order chi connectivity index (χ0) is 17.5. The Morgan fingerprint density at radius 2 is 1.92 bits per heavy atom. The Kier molecular flexibility index (Phi) is 6.44. The van der Waals surface area contributed by atoms with Gasteiger partial charge in [0.15, 0.2) is 0 Å². The van der Waals surface area contributed by atoms with Gasteiger partial charge in [-0.1, -0.05) is 11.6 Å². The normalized spacial score (nSPS) is 10.3. The average molecular weight is 352 g/mol. The van der Waals surface area contributed by atoms with E-state index in [1.54, 1.807) is 37.3 Å². The summed E-state index contributed by atoms with van der Waals surface area (Å²) >= 11 is 5.99. The Morgan fingerprint density at radius 1 is 1.21 bits per heavy atom. The van der Waals surface area contributed by atoms with Crippen LogP contribution in [0.25, 0.3) is 0 Å². The molecular formula is C18H19ClFNO3. The highest BCUT2D eigenvalue weighted by molar-refractivity contribution is 6.30. The minimum Gasteiger partial charge on any atom is -0.496 e. The lowest BCUT2D eigenvalue weighted by Gasteiger charge is -2.19. The van der Waals surface area contributed by atoms with Gasteiger partial charge in [-0.3, -0.25) is 4.79 Å². The molecule has 0 fully saturated rings. The number of hydrogen-bond donors (Lipinski definition) is 0. The van der Waals surface area contributed by atoms with Gasteiger partial charge in [0.2, 0.25) is 5.91 Å². The van der Waals surface area contributed by atoms with Crippen molar-refractivity contribution >= 4 is 17.5 Å². The third-order valence-corrected chi connectivity index (χ3v) is 3.71. The number of methoxy groups -OCH3 is 1. The molecule has 0 unspecified atom stereocenters. The SMILES string of the molecule is COc1ccc(Cl)cc1CN(C)C(=O)CCOc1ccc(F)cc1. The van der Waals surface area contributed by atoms with Crippen LogP contribution in [-0.4, -0.2) is 31.6 Å². The Bertz CT molecular complexity index is 691. The van der Waals surface area contributed by atoms with Crippen molar-refractivity contribution in [3.63, 3.8) is 0 Å². The second kappa shape index (κ2) is 8.55. The number of amides is 1. The molecule has 2 aromatic rings. The minimum absolute atomic E-state index is 0.0702. The van der Waals surface area contributed by atoms with Crippen molar-refractivity contribution in [2.24, 2.45) is 0 Å². The first-order valence-corrected chi connectivity index (χ1v) is 7.82. The van der Waals surface area contributed by atoms with E-state index in [1.807, 2.05) is 0 Å². The molecule has 0 atom stereocenters. The van der Waals surface area contributed by atoms with Crippen LogP contribution in [0.1, 0.15) is 12.0 Å². The summed E-state index contributed by atoms with van der Waals surface area (Å²) in [5, 5.41) is 0.589. The molecule has 0 aliphatic carbocycles. The highest BCUT2D eigenvalue weighted by Crippen LogP contribution is 2.24. The topological polar surface area (TPSA) is 38.8 Å². The highest BCUT2D eigenvalue weighted by Gasteiger charge is 2.13. The van der Waals surface area contributed by atoms with Crippen molar-refractivity contribution < 1.29 is 18.7 Å². The Balaban J connectivity index is 1.86. The van der Waals surface area contributed by atoms with Gasteiger partial charge in [0, 0.05) is 24.2 Å². The van der Waals surface area contributed by atoms with E-state index in [-0.39, 0.29) is 24.8 Å². The number of benzene rings is 2. The molecule has 0 bridgehead atoms. The van der Waals surface area contributed by atoms with Gasteiger partial charge in [-0.25, -0.2) is 4.39 Å². The van der Waals surface area contributed by atoms with Crippen molar-refractivity contribution in [2.45, 2.75) is 13.0 Å². The van der Waals surface area contributed by atoms with Crippen LogP contribution in [0, 0.1) is 5.82 Å². The Labute approximate surface area is 145 Å². The van der Waals surface area contributed by atoms with E-state index >= 15 is 0 Å². The number of hydrogen-bond acceptors (Lipinski definition) is 3. The number of nitrogens with zero attached hydrogens (tertiary/aromatic N) is 1. The number of ether oxygens (including phenoxy) is 2. The monoisotopic (exact) mass is 351 g/mol. The van der Waals surface area contributed by atoms with Crippen LogP contribution in [0.2, 0.25) is 5.02 Å². The van der Waals surface area contributed by atoms with Crippen molar-refractivity contribution in [1.29, 1.82) is 0 Å². The maximum Gasteiger partial charge on any atom is 0.226 e. The van der Waals surface area contributed by atoms with Crippen molar-refractivity contribution in [2.75, 3.05) is 20.8 Å². The lowest BCUT2D eigenvalue weighted by molar-refractivity contribution is -0.130. The zero-order valence-electron chi connectivity index (χ0n) is 13.6. The van der Waals surface area contributed by atoms with Crippen molar-refractivity contribution in [1.82, 2.24) is 4.90 Å². The lowest BCUT2D eigenvalue weighted by atomic mass is 10.2.